The second kappa shape index (κ2) is 4.82. The van der Waals surface area contributed by atoms with Crippen molar-refractivity contribution >= 4 is 10.0 Å². The van der Waals surface area contributed by atoms with Gasteiger partial charge in [0.2, 0.25) is 10.0 Å². The van der Waals surface area contributed by atoms with E-state index >= 15 is 0 Å². The number of hydrogen-bond donors (Lipinski definition) is 1. The number of nitrogens with two attached hydrogens (primary N) is 1. The highest BCUT2D eigenvalue weighted by Crippen LogP contribution is 2.18. The summed E-state index contributed by atoms with van der Waals surface area (Å²) in [6.45, 7) is 5.89. The summed E-state index contributed by atoms with van der Waals surface area (Å²) in [5.74, 6) is 0.167. The van der Waals surface area contributed by atoms with E-state index in [9.17, 15) is 8.42 Å². The first-order valence-corrected chi connectivity index (χ1v) is 6.06. The minimum absolute atomic E-state index is 0.167. The molecule has 0 heterocycles. The minimum atomic E-state index is -3.34. The van der Waals surface area contributed by atoms with Gasteiger partial charge in [-0.25, -0.2) is 13.6 Å². The molecule has 3 nitrogen and oxygen atoms in total. The van der Waals surface area contributed by atoms with E-state index < -0.39 is 10.0 Å². The lowest BCUT2D eigenvalue weighted by Gasteiger charge is -2.19. The van der Waals surface area contributed by atoms with Crippen molar-refractivity contribution in [3.8, 4) is 0 Å². The van der Waals surface area contributed by atoms with Crippen LogP contribution >= 0.6 is 0 Å². The van der Waals surface area contributed by atoms with Gasteiger partial charge in [0.05, 0.1) is 5.25 Å². The van der Waals surface area contributed by atoms with Gasteiger partial charge in [-0.3, -0.25) is 0 Å². The molecule has 0 aliphatic carbocycles. The summed E-state index contributed by atoms with van der Waals surface area (Å²) in [7, 11) is -3.34. The van der Waals surface area contributed by atoms with Crippen LogP contribution in [0.15, 0.2) is 0 Å². The van der Waals surface area contributed by atoms with Crippen LogP contribution in [0.4, 0.5) is 0 Å². The summed E-state index contributed by atoms with van der Waals surface area (Å²) < 4.78 is 22.2. The van der Waals surface area contributed by atoms with E-state index in [-0.39, 0.29) is 11.2 Å². The van der Waals surface area contributed by atoms with Crippen molar-refractivity contribution in [2.45, 2.75) is 45.3 Å². The minimum Gasteiger partial charge on any atom is -0.228 e. The van der Waals surface area contributed by atoms with Crippen molar-refractivity contribution < 1.29 is 8.42 Å². The zero-order valence-electron chi connectivity index (χ0n) is 8.08. The van der Waals surface area contributed by atoms with Gasteiger partial charge in [-0.1, -0.05) is 33.6 Å². The van der Waals surface area contributed by atoms with E-state index in [0.717, 1.165) is 12.8 Å². The van der Waals surface area contributed by atoms with Crippen LogP contribution in [-0.2, 0) is 10.0 Å². The third-order valence-electron chi connectivity index (χ3n) is 2.27. The number of hydrogen-bond acceptors (Lipinski definition) is 2. The molecule has 0 aromatic heterocycles. The van der Waals surface area contributed by atoms with Crippen LogP contribution in [0, 0.1) is 5.92 Å². The Kier molecular flexibility index (Phi) is 4.78. The summed E-state index contributed by atoms with van der Waals surface area (Å²) in [6.07, 6.45) is 2.40. The van der Waals surface area contributed by atoms with Crippen molar-refractivity contribution in [3.05, 3.63) is 0 Å². The van der Waals surface area contributed by atoms with Crippen LogP contribution < -0.4 is 5.14 Å². The zero-order valence-corrected chi connectivity index (χ0v) is 8.89. The topological polar surface area (TPSA) is 60.2 Å². The van der Waals surface area contributed by atoms with Crippen molar-refractivity contribution in [2.75, 3.05) is 0 Å². The van der Waals surface area contributed by atoms with E-state index in [1.807, 2.05) is 20.8 Å². The second-order valence-electron chi connectivity index (χ2n) is 3.30. The maximum atomic E-state index is 11.1. The first-order valence-electron chi connectivity index (χ1n) is 4.45. The fraction of sp³-hybridized carbons (Fsp3) is 1.00. The Balaban J connectivity index is 4.44. The van der Waals surface area contributed by atoms with Crippen molar-refractivity contribution in [1.29, 1.82) is 0 Å². The predicted molar refractivity (Wildman–Crippen MR) is 51.3 cm³/mol. The third kappa shape index (κ3) is 3.54. The van der Waals surface area contributed by atoms with Gasteiger partial charge in [-0.15, -0.1) is 0 Å². The van der Waals surface area contributed by atoms with Gasteiger partial charge in [0.1, 0.15) is 0 Å². The molecular weight excluding hydrogens is 174 g/mol. The molecule has 0 bridgehead atoms. The van der Waals surface area contributed by atoms with E-state index in [1.54, 1.807) is 0 Å². The van der Waals surface area contributed by atoms with Gasteiger partial charge in [-0.05, 0) is 12.3 Å². The summed E-state index contributed by atoms with van der Waals surface area (Å²) in [6, 6.07) is 0. The number of rotatable bonds is 5. The highest BCUT2D eigenvalue weighted by atomic mass is 32.2. The molecule has 0 aromatic rings. The van der Waals surface area contributed by atoms with Crippen molar-refractivity contribution in [2.24, 2.45) is 11.1 Å². The summed E-state index contributed by atoms with van der Waals surface area (Å²) >= 11 is 0. The van der Waals surface area contributed by atoms with Crippen molar-refractivity contribution in [3.63, 3.8) is 0 Å². The Labute approximate surface area is 75.4 Å². The molecule has 0 aliphatic rings. The smallest absolute Gasteiger partial charge is 0.212 e. The molecule has 2 unspecified atom stereocenters. The van der Waals surface area contributed by atoms with Crippen LogP contribution in [0.3, 0.4) is 0 Å². The maximum Gasteiger partial charge on any atom is 0.212 e. The predicted octanol–water partition coefficient (Wildman–Crippen LogP) is 1.49. The normalized spacial score (nSPS) is 17.3. The second-order valence-corrected chi connectivity index (χ2v) is 5.09. The quantitative estimate of drug-likeness (QED) is 0.719. The molecule has 0 spiro atoms. The first-order chi connectivity index (χ1) is 5.43. The van der Waals surface area contributed by atoms with Crippen LogP contribution in [0.1, 0.15) is 40.0 Å². The molecule has 0 saturated carbocycles. The summed E-state index contributed by atoms with van der Waals surface area (Å²) in [5, 5.41) is 4.76. The Bertz CT molecular complexity index is 211. The molecule has 2 atom stereocenters. The van der Waals surface area contributed by atoms with Gasteiger partial charge in [0.15, 0.2) is 0 Å². The first kappa shape index (κ1) is 11.9. The fourth-order valence-corrected chi connectivity index (χ4v) is 2.72. The van der Waals surface area contributed by atoms with E-state index in [0.29, 0.717) is 6.42 Å². The lowest BCUT2D eigenvalue weighted by molar-refractivity contribution is 0.471. The van der Waals surface area contributed by atoms with Gasteiger partial charge < -0.3 is 0 Å². The average Bonchev–Trinajstić information content (AvgIpc) is 1.96. The molecule has 4 heteroatoms. The fourth-order valence-electron chi connectivity index (χ4n) is 1.32. The van der Waals surface area contributed by atoms with Gasteiger partial charge in [0, 0.05) is 0 Å². The average molecular weight is 193 g/mol. The Morgan fingerprint density at radius 3 is 2.08 bits per heavy atom. The molecule has 2 N–H and O–H groups in total. The molecule has 0 aliphatic heterocycles. The summed E-state index contributed by atoms with van der Waals surface area (Å²) in [4.78, 5) is 0. The van der Waals surface area contributed by atoms with Crippen LogP contribution in [0.25, 0.3) is 0 Å². The van der Waals surface area contributed by atoms with Crippen LogP contribution in [0.5, 0.6) is 0 Å². The zero-order chi connectivity index (χ0) is 9.78. The third-order valence-corrected chi connectivity index (χ3v) is 3.82. The van der Waals surface area contributed by atoms with Gasteiger partial charge >= 0.3 is 0 Å². The summed E-state index contributed by atoms with van der Waals surface area (Å²) in [5.41, 5.74) is 0. The molecule has 0 amide bonds. The molecule has 12 heavy (non-hydrogen) atoms. The van der Waals surface area contributed by atoms with E-state index in [4.69, 9.17) is 5.14 Å². The monoisotopic (exact) mass is 193 g/mol. The lowest BCUT2D eigenvalue weighted by atomic mass is 10.0. The highest BCUT2D eigenvalue weighted by Gasteiger charge is 2.25. The lowest BCUT2D eigenvalue weighted by Crippen LogP contribution is -2.33. The molecule has 0 saturated heterocycles. The van der Waals surface area contributed by atoms with Crippen LogP contribution in [-0.4, -0.2) is 13.7 Å². The van der Waals surface area contributed by atoms with Gasteiger partial charge in [-0.2, -0.15) is 0 Å². The molecule has 0 rings (SSSR count). The Morgan fingerprint density at radius 2 is 1.83 bits per heavy atom. The largest absolute Gasteiger partial charge is 0.228 e. The highest BCUT2D eigenvalue weighted by molar-refractivity contribution is 7.89. The Morgan fingerprint density at radius 1 is 1.33 bits per heavy atom. The van der Waals surface area contributed by atoms with Crippen molar-refractivity contribution in [1.82, 2.24) is 0 Å². The molecule has 0 fully saturated rings. The SMILES string of the molecule is CCCC(C(C)CC)S(N)(=O)=O. The van der Waals surface area contributed by atoms with Crippen LogP contribution in [0.2, 0.25) is 0 Å². The molecule has 74 valence electrons. The molecular formula is C8H19NO2S. The van der Waals surface area contributed by atoms with E-state index in [2.05, 4.69) is 0 Å². The molecule has 0 radical (unpaired) electrons. The number of sulfonamides is 1. The maximum absolute atomic E-state index is 11.1. The number of primary sulfonamides is 1. The Hall–Kier alpha value is -0.0900. The van der Waals surface area contributed by atoms with Gasteiger partial charge in [0.25, 0.3) is 0 Å². The van der Waals surface area contributed by atoms with E-state index in [1.165, 1.54) is 0 Å². The standard InChI is InChI=1S/C8H19NO2S/c1-4-6-8(7(3)5-2)12(9,10)11/h7-8H,4-6H2,1-3H3,(H2,9,10,11). The molecule has 0 aromatic carbocycles.